The van der Waals surface area contributed by atoms with Crippen LogP contribution in [0.5, 0.6) is 0 Å². The molecule has 0 radical (unpaired) electrons. The highest BCUT2D eigenvalue weighted by atomic mass is 32.2. The molecule has 1 unspecified atom stereocenters. The molecule has 0 spiro atoms. The van der Waals surface area contributed by atoms with Crippen molar-refractivity contribution in [3.63, 3.8) is 0 Å². The summed E-state index contributed by atoms with van der Waals surface area (Å²) in [5, 5.41) is 0. The lowest BCUT2D eigenvalue weighted by Gasteiger charge is -2.41. The first-order valence-corrected chi connectivity index (χ1v) is 12.7. The summed E-state index contributed by atoms with van der Waals surface area (Å²) in [6.07, 6.45) is 4.16. The third-order valence-corrected chi connectivity index (χ3v) is 9.37. The highest BCUT2D eigenvalue weighted by Crippen LogP contribution is 2.35. The van der Waals surface area contributed by atoms with E-state index in [4.69, 9.17) is 4.74 Å². The molecule has 1 atom stereocenters. The lowest BCUT2D eigenvalue weighted by atomic mass is 9.79. The standard InChI is InChI=1S/C20H34N4O5S/c1-2-24-19(25)15-18(20(24)26)21-7-3-16(4-8-21)17-5-9-22(10-6-17)30(27,28)23-11-13-29-14-12-23/h16-18H,2-15H2,1H3. The molecule has 0 saturated carbocycles. The minimum absolute atomic E-state index is 0.0393. The van der Waals surface area contributed by atoms with Gasteiger partial charge in [-0.2, -0.15) is 17.0 Å². The van der Waals surface area contributed by atoms with E-state index in [-0.39, 0.29) is 17.9 Å². The molecule has 170 valence electrons. The van der Waals surface area contributed by atoms with E-state index in [0.29, 0.717) is 64.2 Å². The van der Waals surface area contributed by atoms with Gasteiger partial charge in [-0.15, -0.1) is 0 Å². The van der Waals surface area contributed by atoms with E-state index >= 15 is 0 Å². The van der Waals surface area contributed by atoms with Crippen LogP contribution in [0, 0.1) is 11.8 Å². The maximum atomic E-state index is 12.8. The Morgan fingerprint density at radius 1 is 0.867 bits per heavy atom. The average Bonchev–Trinajstić information content (AvgIpc) is 3.07. The van der Waals surface area contributed by atoms with E-state index in [2.05, 4.69) is 4.90 Å². The van der Waals surface area contributed by atoms with Gasteiger partial charge in [-0.3, -0.25) is 19.4 Å². The lowest BCUT2D eigenvalue weighted by molar-refractivity contribution is -0.139. The molecule has 0 aromatic carbocycles. The number of likely N-dealkylation sites (N-methyl/N-ethyl adjacent to an activating group) is 1. The summed E-state index contributed by atoms with van der Waals surface area (Å²) in [6, 6.07) is -0.279. The van der Waals surface area contributed by atoms with Gasteiger partial charge < -0.3 is 4.74 Å². The van der Waals surface area contributed by atoms with Crippen LogP contribution in [0.2, 0.25) is 0 Å². The van der Waals surface area contributed by atoms with E-state index in [1.807, 2.05) is 6.92 Å². The number of piperidine rings is 2. The van der Waals surface area contributed by atoms with Gasteiger partial charge >= 0.3 is 0 Å². The average molecular weight is 443 g/mol. The van der Waals surface area contributed by atoms with Crippen molar-refractivity contribution in [2.24, 2.45) is 11.8 Å². The Balaban J connectivity index is 1.26. The number of rotatable bonds is 5. The van der Waals surface area contributed by atoms with Crippen molar-refractivity contribution < 1.29 is 22.7 Å². The van der Waals surface area contributed by atoms with Crippen LogP contribution in [0.4, 0.5) is 0 Å². The Hall–Kier alpha value is -1.07. The van der Waals surface area contributed by atoms with Crippen molar-refractivity contribution in [2.45, 2.75) is 45.1 Å². The highest BCUT2D eigenvalue weighted by Gasteiger charge is 2.43. The number of imide groups is 1. The number of hydrogen-bond acceptors (Lipinski definition) is 6. The molecule has 0 aliphatic carbocycles. The van der Waals surface area contributed by atoms with Gasteiger partial charge in [0.15, 0.2) is 0 Å². The molecule has 4 fully saturated rings. The first kappa shape index (κ1) is 22.1. The Morgan fingerprint density at radius 3 is 1.93 bits per heavy atom. The van der Waals surface area contributed by atoms with Crippen molar-refractivity contribution in [2.75, 3.05) is 59.0 Å². The first-order valence-electron chi connectivity index (χ1n) is 11.3. The van der Waals surface area contributed by atoms with Crippen molar-refractivity contribution >= 4 is 22.0 Å². The maximum Gasteiger partial charge on any atom is 0.282 e. The largest absolute Gasteiger partial charge is 0.379 e. The number of nitrogens with zero attached hydrogens (tertiary/aromatic N) is 4. The molecular weight excluding hydrogens is 408 g/mol. The summed E-state index contributed by atoms with van der Waals surface area (Å²) in [4.78, 5) is 28.1. The lowest BCUT2D eigenvalue weighted by Crippen LogP contribution is -2.51. The molecule has 0 aromatic rings. The Morgan fingerprint density at radius 2 is 1.40 bits per heavy atom. The molecule has 0 N–H and O–H groups in total. The molecule has 9 nitrogen and oxygen atoms in total. The third kappa shape index (κ3) is 4.29. The molecular formula is C20H34N4O5S. The molecule has 30 heavy (non-hydrogen) atoms. The third-order valence-electron chi connectivity index (χ3n) is 7.34. The summed E-state index contributed by atoms with van der Waals surface area (Å²) < 4.78 is 34.2. The Kier molecular flexibility index (Phi) is 6.79. The number of amides is 2. The maximum absolute atomic E-state index is 12.8. The summed E-state index contributed by atoms with van der Waals surface area (Å²) in [5.41, 5.74) is 0. The van der Waals surface area contributed by atoms with E-state index in [1.54, 1.807) is 8.61 Å². The summed E-state index contributed by atoms with van der Waals surface area (Å²) >= 11 is 0. The molecule has 4 rings (SSSR count). The number of morpholine rings is 1. The zero-order chi connectivity index (χ0) is 21.3. The Labute approximate surface area is 179 Å². The van der Waals surface area contributed by atoms with Gasteiger partial charge in [0, 0.05) is 32.7 Å². The zero-order valence-corrected chi connectivity index (χ0v) is 18.7. The van der Waals surface area contributed by atoms with Crippen LogP contribution in [0.25, 0.3) is 0 Å². The number of hydrogen-bond donors (Lipinski definition) is 0. The van der Waals surface area contributed by atoms with Crippen molar-refractivity contribution in [1.29, 1.82) is 0 Å². The first-order chi connectivity index (χ1) is 14.4. The molecule has 0 bridgehead atoms. The van der Waals surface area contributed by atoms with Gasteiger partial charge in [0.1, 0.15) is 0 Å². The second-order valence-corrected chi connectivity index (χ2v) is 10.8. The molecule has 4 aliphatic rings. The number of likely N-dealkylation sites (tertiary alicyclic amines) is 2. The SMILES string of the molecule is CCN1C(=O)CC(N2CCC(C3CCN(S(=O)(=O)N4CCOCC4)CC3)CC2)C1=O. The topological polar surface area (TPSA) is 90.5 Å². The second kappa shape index (κ2) is 9.20. The molecule has 4 saturated heterocycles. The molecule has 10 heteroatoms. The van der Waals surface area contributed by atoms with Crippen molar-refractivity contribution in [3.05, 3.63) is 0 Å². The highest BCUT2D eigenvalue weighted by molar-refractivity contribution is 7.86. The second-order valence-electron chi connectivity index (χ2n) is 8.83. The van der Waals surface area contributed by atoms with E-state index in [9.17, 15) is 18.0 Å². The van der Waals surface area contributed by atoms with Gasteiger partial charge in [0.25, 0.3) is 10.2 Å². The van der Waals surface area contributed by atoms with E-state index < -0.39 is 10.2 Å². The minimum Gasteiger partial charge on any atom is -0.379 e. The van der Waals surface area contributed by atoms with Crippen LogP contribution in [0.15, 0.2) is 0 Å². The molecule has 4 aliphatic heterocycles. The summed E-state index contributed by atoms with van der Waals surface area (Å²) in [7, 11) is -3.37. The van der Waals surface area contributed by atoms with Crippen molar-refractivity contribution in [3.8, 4) is 0 Å². The quantitative estimate of drug-likeness (QED) is 0.563. The van der Waals surface area contributed by atoms with Crippen LogP contribution in [-0.4, -0.2) is 104 Å². The molecule has 2 amide bonds. The van der Waals surface area contributed by atoms with Crippen LogP contribution in [0.3, 0.4) is 0 Å². The smallest absolute Gasteiger partial charge is 0.282 e. The summed E-state index contributed by atoms with van der Waals surface area (Å²) in [5.74, 6) is 1.02. The Bertz CT molecular complexity index is 738. The predicted molar refractivity (Wildman–Crippen MR) is 111 cm³/mol. The number of carbonyl (C=O) groups excluding carboxylic acids is 2. The van der Waals surface area contributed by atoms with Crippen LogP contribution >= 0.6 is 0 Å². The van der Waals surface area contributed by atoms with Gasteiger partial charge in [-0.05, 0) is 57.5 Å². The fraction of sp³-hybridized carbons (Fsp3) is 0.900. The van der Waals surface area contributed by atoms with Gasteiger partial charge in [0.05, 0.1) is 25.7 Å². The van der Waals surface area contributed by atoms with Crippen LogP contribution in [-0.2, 0) is 24.5 Å². The van der Waals surface area contributed by atoms with E-state index in [1.165, 1.54) is 4.90 Å². The number of carbonyl (C=O) groups is 2. The number of ether oxygens (including phenoxy) is 1. The zero-order valence-electron chi connectivity index (χ0n) is 17.9. The van der Waals surface area contributed by atoms with Gasteiger partial charge in [-0.1, -0.05) is 0 Å². The fourth-order valence-electron chi connectivity index (χ4n) is 5.50. The van der Waals surface area contributed by atoms with Crippen LogP contribution in [0.1, 0.15) is 39.0 Å². The van der Waals surface area contributed by atoms with Crippen molar-refractivity contribution in [1.82, 2.24) is 18.4 Å². The molecule has 0 aromatic heterocycles. The predicted octanol–water partition coefficient (Wildman–Crippen LogP) is 0.135. The van der Waals surface area contributed by atoms with E-state index in [0.717, 1.165) is 38.8 Å². The van der Waals surface area contributed by atoms with Gasteiger partial charge in [0.2, 0.25) is 11.8 Å². The monoisotopic (exact) mass is 442 g/mol. The minimum atomic E-state index is -3.37. The fourth-order valence-corrected chi connectivity index (χ4v) is 7.11. The van der Waals surface area contributed by atoms with Gasteiger partial charge in [-0.25, -0.2) is 0 Å². The normalized spacial score (nSPS) is 29.8. The van der Waals surface area contributed by atoms with Crippen LogP contribution < -0.4 is 0 Å². The summed E-state index contributed by atoms with van der Waals surface area (Å²) in [6.45, 7) is 7.00. The molecule has 4 heterocycles.